The van der Waals surface area contributed by atoms with Crippen LogP contribution in [0.25, 0.3) is 11.0 Å². The predicted molar refractivity (Wildman–Crippen MR) is 88.8 cm³/mol. The highest BCUT2D eigenvalue weighted by molar-refractivity contribution is 5.86. The van der Waals surface area contributed by atoms with Crippen molar-refractivity contribution in [3.8, 4) is 0 Å². The van der Waals surface area contributed by atoms with Crippen molar-refractivity contribution in [2.24, 2.45) is 7.05 Å². The fourth-order valence-corrected chi connectivity index (χ4v) is 2.45. The fourth-order valence-electron chi connectivity index (χ4n) is 2.45. The molecular formula is C15H19N7O2. The highest BCUT2D eigenvalue weighted by Crippen LogP contribution is 2.19. The second-order valence-electron chi connectivity index (χ2n) is 5.44. The topological polar surface area (TPSA) is 111 Å². The zero-order valence-corrected chi connectivity index (χ0v) is 13.8. The van der Waals surface area contributed by atoms with Gasteiger partial charge < -0.3 is 15.0 Å². The zero-order chi connectivity index (χ0) is 17.1. The largest absolute Gasteiger partial charge is 0.377 e. The van der Waals surface area contributed by atoms with Crippen molar-refractivity contribution < 1.29 is 4.74 Å². The molecule has 126 valence electrons. The zero-order valence-electron chi connectivity index (χ0n) is 13.8. The van der Waals surface area contributed by atoms with E-state index in [4.69, 9.17) is 4.74 Å². The van der Waals surface area contributed by atoms with Crippen LogP contribution in [-0.4, -0.2) is 43.4 Å². The number of hydrogen-bond donors (Lipinski definition) is 2. The Bertz CT molecular complexity index is 916. The van der Waals surface area contributed by atoms with E-state index in [0.29, 0.717) is 42.7 Å². The predicted octanol–water partition coefficient (Wildman–Crippen LogP) is 0.556. The Hall–Kier alpha value is -2.81. The average molecular weight is 329 g/mol. The molecule has 0 saturated heterocycles. The summed E-state index contributed by atoms with van der Waals surface area (Å²) >= 11 is 0. The molecule has 0 aromatic carbocycles. The van der Waals surface area contributed by atoms with Gasteiger partial charge in [0, 0.05) is 38.9 Å². The van der Waals surface area contributed by atoms with Gasteiger partial charge in [-0.3, -0.25) is 9.48 Å². The third kappa shape index (κ3) is 3.40. The molecule has 9 heteroatoms. The van der Waals surface area contributed by atoms with Crippen molar-refractivity contribution >= 4 is 16.9 Å². The molecule has 3 aromatic rings. The first-order valence-electron chi connectivity index (χ1n) is 7.55. The number of rotatable bonds is 6. The third-order valence-electron chi connectivity index (χ3n) is 3.48. The van der Waals surface area contributed by atoms with Gasteiger partial charge in [-0.15, -0.1) is 0 Å². The van der Waals surface area contributed by atoms with E-state index in [1.165, 1.54) is 6.07 Å². The van der Waals surface area contributed by atoms with Gasteiger partial charge in [-0.05, 0) is 6.92 Å². The molecule has 0 amide bonds. The molecular weight excluding hydrogens is 310 g/mol. The summed E-state index contributed by atoms with van der Waals surface area (Å²) in [6, 6.07) is 1.47. The van der Waals surface area contributed by atoms with Crippen molar-refractivity contribution in [1.29, 1.82) is 0 Å². The Morgan fingerprint density at radius 2 is 2.17 bits per heavy atom. The van der Waals surface area contributed by atoms with Gasteiger partial charge in [-0.2, -0.15) is 5.10 Å². The number of nitrogens with zero attached hydrogens (tertiary/aromatic N) is 5. The Morgan fingerprint density at radius 3 is 2.92 bits per heavy atom. The normalized spacial score (nSPS) is 11.1. The Morgan fingerprint density at radius 1 is 1.33 bits per heavy atom. The molecule has 3 heterocycles. The number of hydrogen-bond acceptors (Lipinski definition) is 7. The first kappa shape index (κ1) is 16.1. The van der Waals surface area contributed by atoms with Gasteiger partial charge in [0.15, 0.2) is 11.5 Å². The number of ether oxygens (including phenoxy) is 1. The average Bonchev–Trinajstić information content (AvgIpc) is 2.88. The summed E-state index contributed by atoms with van der Waals surface area (Å²) in [6.07, 6.45) is 2.29. The van der Waals surface area contributed by atoms with E-state index in [9.17, 15) is 4.79 Å². The van der Waals surface area contributed by atoms with E-state index in [-0.39, 0.29) is 5.56 Å². The SMILES string of the molecule is COCc1nc(NCCc2nc(C)cc(=O)[nH]2)c2cnn(C)c2n1. The van der Waals surface area contributed by atoms with Crippen LogP contribution in [0, 0.1) is 6.92 Å². The number of fused-ring (bicyclic) bond motifs is 1. The lowest BCUT2D eigenvalue weighted by molar-refractivity contribution is 0.178. The molecule has 0 unspecified atom stereocenters. The molecule has 2 N–H and O–H groups in total. The molecule has 3 aromatic heterocycles. The summed E-state index contributed by atoms with van der Waals surface area (Å²) in [5.41, 5.74) is 1.30. The number of nitrogens with one attached hydrogen (secondary N) is 2. The summed E-state index contributed by atoms with van der Waals surface area (Å²) in [4.78, 5) is 27.4. The Kier molecular flexibility index (Phi) is 4.52. The smallest absolute Gasteiger partial charge is 0.251 e. The van der Waals surface area contributed by atoms with Gasteiger partial charge in [0.2, 0.25) is 0 Å². The molecule has 9 nitrogen and oxygen atoms in total. The Labute approximate surface area is 138 Å². The van der Waals surface area contributed by atoms with Crippen molar-refractivity contribution in [3.05, 3.63) is 40.0 Å². The lowest BCUT2D eigenvalue weighted by Gasteiger charge is -2.09. The third-order valence-corrected chi connectivity index (χ3v) is 3.48. The lowest BCUT2D eigenvalue weighted by Crippen LogP contribution is -2.15. The molecule has 0 atom stereocenters. The first-order valence-corrected chi connectivity index (χ1v) is 7.55. The second kappa shape index (κ2) is 6.75. The van der Waals surface area contributed by atoms with Crippen LogP contribution in [0.15, 0.2) is 17.1 Å². The van der Waals surface area contributed by atoms with Crippen molar-refractivity contribution in [1.82, 2.24) is 29.7 Å². The molecule has 0 aliphatic rings. The molecule has 0 fully saturated rings. The maximum atomic E-state index is 11.5. The van der Waals surface area contributed by atoms with Gasteiger partial charge in [-0.1, -0.05) is 0 Å². The van der Waals surface area contributed by atoms with Crippen LogP contribution in [-0.2, 0) is 24.8 Å². The monoisotopic (exact) mass is 329 g/mol. The highest BCUT2D eigenvalue weighted by atomic mass is 16.5. The minimum absolute atomic E-state index is 0.142. The summed E-state index contributed by atoms with van der Waals surface area (Å²) < 4.78 is 6.81. The van der Waals surface area contributed by atoms with Crippen LogP contribution in [0.2, 0.25) is 0 Å². The van der Waals surface area contributed by atoms with Crippen molar-refractivity contribution in [3.63, 3.8) is 0 Å². The Balaban J connectivity index is 1.80. The van der Waals surface area contributed by atoms with Crippen LogP contribution in [0.5, 0.6) is 0 Å². The molecule has 0 bridgehead atoms. The van der Waals surface area contributed by atoms with Crippen LogP contribution in [0.3, 0.4) is 0 Å². The minimum atomic E-state index is -0.142. The number of aryl methyl sites for hydroxylation is 2. The van der Waals surface area contributed by atoms with Crippen molar-refractivity contribution in [2.75, 3.05) is 19.0 Å². The summed E-state index contributed by atoms with van der Waals surface area (Å²) in [7, 11) is 3.43. The number of H-pyrrole nitrogens is 1. The van der Waals surface area contributed by atoms with E-state index in [1.54, 1.807) is 24.9 Å². The van der Waals surface area contributed by atoms with E-state index in [1.807, 2.05) is 7.05 Å². The number of methoxy groups -OCH3 is 1. The fraction of sp³-hybridized carbons (Fsp3) is 0.400. The van der Waals surface area contributed by atoms with Gasteiger partial charge in [0.05, 0.1) is 11.6 Å². The second-order valence-corrected chi connectivity index (χ2v) is 5.44. The standard InChI is InChI=1S/C15H19N7O2/c1-9-6-13(23)19-11(18-9)4-5-16-14-10-7-17-22(2)15(10)21-12(20-14)8-24-3/h6-7H,4-5,8H2,1-3H3,(H,16,20,21)(H,18,19,23). The molecule has 0 spiro atoms. The quantitative estimate of drug-likeness (QED) is 0.679. The first-order chi connectivity index (χ1) is 11.6. The van der Waals surface area contributed by atoms with E-state index < -0.39 is 0 Å². The molecule has 0 aliphatic carbocycles. The molecule has 24 heavy (non-hydrogen) atoms. The number of aromatic nitrogens is 6. The van der Waals surface area contributed by atoms with Crippen LogP contribution in [0.1, 0.15) is 17.3 Å². The van der Waals surface area contributed by atoms with Gasteiger partial charge in [-0.25, -0.2) is 15.0 Å². The van der Waals surface area contributed by atoms with Crippen LogP contribution in [0.4, 0.5) is 5.82 Å². The summed E-state index contributed by atoms with van der Waals surface area (Å²) in [5.74, 6) is 1.91. The van der Waals surface area contributed by atoms with E-state index in [0.717, 1.165) is 11.0 Å². The van der Waals surface area contributed by atoms with Gasteiger partial charge in [0.1, 0.15) is 18.2 Å². The molecule has 0 radical (unpaired) electrons. The van der Waals surface area contributed by atoms with Crippen molar-refractivity contribution in [2.45, 2.75) is 20.0 Å². The lowest BCUT2D eigenvalue weighted by atomic mass is 10.3. The van der Waals surface area contributed by atoms with E-state index in [2.05, 4.69) is 30.4 Å². The number of anilines is 1. The molecule has 0 saturated carbocycles. The summed E-state index contributed by atoms with van der Waals surface area (Å²) in [6.45, 7) is 2.69. The van der Waals surface area contributed by atoms with E-state index >= 15 is 0 Å². The summed E-state index contributed by atoms with van der Waals surface area (Å²) in [5, 5.41) is 8.32. The maximum absolute atomic E-state index is 11.5. The van der Waals surface area contributed by atoms with Crippen LogP contribution < -0.4 is 10.9 Å². The molecule has 3 rings (SSSR count). The minimum Gasteiger partial charge on any atom is -0.377 e. The molecule has 0 aliphatic heterocycles. The van der Waals surface area contributed by atoms with Gasteiger partial charge >= 0.3 is 0 Å². The van der Waals surface area contributed by atoms with Gasteiger partial charge in [0.25, 0.3) is 5.56 Å². The van der Waals surface area contributed by atoms with Crippen LogP contribution >= 0.6 is 0 Å². The maximum Gasteiger partial charge on any atom is 0.251 e. The highest BCUT2D eigenvalue weighted by Gasteiger charge is 2.11. The number of aromatic amines is 1.